The van der Waals surface area contributed by atoms with E-state index in [0.29, 0.717) is 32.6 Å². The molecule has 10 nitrogen and oxygen atoms in total. The van der Waals surface area contributed by atoms with Gasteiger partial charge in [0.15, 0.2) is 9.84 Å². The van der Waals surface area contributed by atoms with Gasteiger partial charge < -0.3 is 15.5 Å². The Bertz CT molecular complexity index is 850. The van der Waals surface area contributed by atoms with Crippen molar-refractivity contribution in [1.82, 2.24) is 25.2 Å². The predicted molar refractivity (Wildman–Crippen MR) is 122 cm³/mol. The molecule has 32 heavy (non-hydrogen) atoms. The van der Waals surface area contributed by atoms with Gasteiger partial charge in [0.1, 0.15) is 6.10 Å². The fourth-order valence-corrected chi connectivity index (χ4v) is 6.09. The second kappa shape index (κ2) is 11.4. The lowest BCUT2D eigenvalue weighted by molar-refractivity contribution is -0.126. The normalized spacial score (nSPS) is 30.4. The van der Waals surface area contributed by atoms with Crippen LogP contribution in [0, 0.1) is 11.8 Å². The molecule has 3 aliphatic rings. The van der Waals surface area contributed by atoms with Gasteiger partial charge in [-0.15, -0.1) is 29.9 Å². The van der Waals surface area contributed by atoms with E-state index in [1.165, 1.54) is 0 Å². The lowest BCUT2D eigenvalue weighted by atomic mass is 10.1. The number of hydrogen-bond acceptors (Lipinski definition) is 8. The molecule has 2 aliphatic carbocycles. The summed E-state index contributed by atoms with van der Waals surface area (Å²) >= 11 is 0. The number of halogens is 2. The molecule has 0 spiro atoms. The van der Waals surface area contributed by atoms with E-state index in [1.54, 1.807) is 10.9 Å². The largest absolute Gasteiger partial charge is 0.390 e. The van der Waals surface area contributed by atoms with Crippen LogP contribution in [-0.2, 0) is 27.7 Å². The summed E-state index contributed by atoms with van der Waals surface area (Å²) in [6.45, 7) is 1.91. The number of nitrogens with zero attached hydrogens (tertiary/aromatic N) is 4. The monoisotopic (exact) mass is 513 g/mol. The number of sulfone groups is 1. The van der Waals surface area contributed by atoms with Crippen molar-refractivity contribution < 1.29 is 23.4 Å². The van der Waals surface area contributed by atoms with Gasteiger partial charge in [0.25, 0.3) is 0 Å². The second-order valence-electron chi connectivity index (χ2n) is 8.93. The van der Waals surface area contributed by atoms with Crippen molar-refractivity contribution >= 4 is 40.6 Å². The highest BCUT2D eigenvalue weighted by molar-refractivity contribution is 7.91. The Balaban J connectivity index is 0.00000181. The standard InChI is InChI=1S/C19H31N5O5S.2ClH/c25-17-14(9-16(18(17)26)20-19(27)13-3-1-2-4-13)10-24-12-15(21-22-24)11-23-5-7-30(28,29)8-6-23;;/h12-14,16-18,25-26H,1-11H2,(H,20,27);2*1H/t14-,16-,17-,18+;;/m1../s1. The molecule has 3 fully saturated rings. The Kier molecular flexibility index (Phi) is 9.74. The summed E-state index contributed by atoms with van der Waals surface area (Å²) in [6.07, 6.45) is 4.29. The highest BCUT2D eigenvalue weighted by Gasteiger charge is 2.43. The molecule has 13 heteroatoms. The SMILES string of the molecule is Cl.Cl.O=C(N[C@@H]1C[C@H](Cn2cc(CN3CCS(=O)(=O)CC3)nn2)[C@@H](O)[C@H]1O)C1CCCC1. The smallest absolute Gasteiger partial charge is 0.223 e. The van der Waals surface area contributed by atoms with Gasteiger partial charge in [0, 0.05) is 44.2 Å². The number of amides is 1. The van der Waals surface area contributed by atoms with Crippen molar-refractivity contribution in [1.29, 1.82) is 0 Å². The fraction of sp³-hybridized carbons (Fsp3) is 0.842. The van der Waals surface area contributed by atoms with Crippen molar-refractivity contribution in [3.8, 4) is 0 Å². The van der Waals surface area contributed by atoms with Crippen LogP contribution in [0.4, 0.5) is 0 Å². The van der Waals surface area contributed by atoms with E-state index in [-0.39, 0.29) is 54.1 Å². The number of aliphatic hydroxyl groups is 2. The molecule has 2 heterocycles. The molecular formula is C19H33Cl2N5O5S. The van der Waals surface area contributed by atoms with Gasteiger partial charge in [-0.3, -0.25) is 14.4 Å². The Morgan fingerprint density at radius 1 is 1.12 bits per heavy atom. The molecule has 1 amide bonds. The number of hydrogen-bond donors (Lipinski definition) is 3. The van der Waals surface area contributed by atoms with E-state index in [4.69, 9.17) is 0 Å². The molecular weight excluding hydrogens is 481 g/mol. The second-order valence-corrected chi connectivity index (χ2v) is 11.2. The summed E-state index contributed by atoms with van der Waals surface area (Å²) < 4.78 is 24.7. The Morgan fingerprint density at radius 3 is 2.44 bits per heavy atom. The molecule has 4 rings (SSSR count). The van der Waals surface area contributed by atoms with Crippen molar-refractivity contribution in [2.24, 2.45) is 11.8 Å². The Morgan fingerprint density at radius 2 is 1.78 bits per heavy atom. The van der Waals surface area contributed by atoms with Gasteiger partial charge in [-0.1, -0.05) is 18.1 Å². The molecule has 3 N–H and O–H groups in total. The minimum Gasteiger partial charge on any atom is -0.390 e. The van der Waals surface area contributed by atoms with Crippen LogP contribution in [0.1, 0.15) is 37.8 Å². The molecule has 4 atom stereocenters. The van der Waals surface area contributed by atoms with E-state index in [1.807, 2.05) is 4.90 Å². The summed E-state index contributed by atoms with van der Waals surface area (Å²) in [5.74, 6) is 0.110. The van der Waals surface area contributed by atoms with Crippen molar-refractivity contribution in [2.45, 2.75) is 63.4 Å². The third-order valence-electron chi connectivity index (χ3n) is 6.69. The van der Waals surface area contributed by atoms with Crippen molar-refractivity contribution in [2.75, 3.05) is 24.6 Å². The average Bonchev–Trinajstić information content (AvgIpc) is 3.43. The topological polar surface area (TPSA) is 138 Å². The molecule has 1 aromatic rings. The first-order valence-electron chi connectivity index (χ1n) is 10.8. The van der Waals surface area contributed by atoms with Gasteiger partial charge >= 0.3 is 0 Å². The van der Waals surface area contributed by atoms with Crippen molar-refractivity contribution in [3.05, 3.63) is 11.9 Å². The maximum absolute atomic E-state index is 12.4. The minimum atomic E-state index is -2.91. The molecule has 1 aromatic heterocycles. The fourth-order valence-electron chi connectivity index (χ4n) is 4.82. The third kappa shape index (κ3) is 6.54. The Labute approximate surface area is 200 Å². The van der Waals surface area contributed by atoms with Gasteiger partial charge in [-0.25, -0.2) is 8.42 Å². The molecule has 1 aliphatic heterocycles. The number of aromatic nitrogens is 3. The maximum atomic E-state index is 12.4. The van der Waals surface area contributed by atoms with Gasteiger partial charge in [0.05, 0.1) is 29.3 Å². The van der Waals surface area contributed by atoms with Crippen LogP contribution in [0.25, 0.3) is 0 Å². The van der Waals surface area contributed by atoms with E-state index in [9.17, 15) is 23.4 Å². The summed E-state index contributed by atoms with van der Waals surface area (Å²) in [6, 6.07) is -0.448. The molecule has 184 valence electrons. The van der Waals surface area contributed by atoms with Crippen molar-refractivity contribution in [3.63, 3.8) is 0 Å². The summed E-state index contributed by atoms with van der Waals surface area (Å²) in [4.78, 5) is 14.4. The van der Waals surface area contributed by atoms with Gasteiger partial charge in [0.2, 0.25) is 5.91 Å². The number of carbonyl (C=O) groups excluding carboxylic acids is 1. The maximum Gasteiger partial charge on any atom is 0.223 e. The number of carbonyl (C=O) groups is 1. The van der Waals surface area contributed by atoms with Crippen LogP contribution < -0.4 is 5.32 Å². The van der Waals surface area contributed by atoms with Crippen LogP contribution in [0.5, 0.6) is 0 Å². The van der Waals surface area contributed by atoms with Crippen LogP contribution in [0.3, 0.4) is 0 Å². The van der Waals surface area contributed by atoms with Crippen LogP contribution in [0.2, 0.25) is 0 Å². The van der Waals surface area contributed by atoms with Gasteiger partial charge in [-0.05, 0) is 19.3 Å². The number of aliphatic hydroxyl groups excluding tert-OH is 2. The summed E-state index contributed by atoms with van der Waals surface area (Å²) in [5, 5.41) is 32.1. The highest BCUT2D eigenvalue weighted by atomic mass is 35.5. The molecule has 0 aromatic carbocycles. The molecule has 2 saturated carbocycles. The van der Waals surface area contributed by atoms with Gasteiger partial charge in [-0.2, -0.15) is 0 Å². The minimum absolute atomic E-state index is 0. The Hall–Kier alpha value is -0.980. The molecule has 0 radical (unpaired) electrons. The lowest BCUT2D eigenvalue weighted by Gasteiger charge is -2.25. The molecule has 1 saturated heterocycles. The van der Waals surface area contributed by atoms with Crippen LogP contribution >= 0.6 is 24.8 Å². The first-order valence-corrected chi connectivity index (χ1v) is 12.6. The quantitative estimate of drug-likeness (QED) is 0.474. The number of rotatable bonds is 6. The number of nitrogens with one attached hydrogen (secondary N) is 1. The first kappa shape index (κ1) is 27.3. The zero-order valence-corrected chi connectivity index (χ0v) is 20.3. The van der Waals surface area contributed by atoms with E-state index < -0.39 is 28.1 Å². The van der Waals surface area contributed by atoms with Crippen LogP contribution in [-0.4, -0.2) is 87.3 Å². The summed E-state index contributed by atoms with van der Waals surface area (Å²) in [5.41, 5.74) is 0.744. The zero-order chi connectivity index (χ0) is 21.3. The van der Waals surface area contributed by atoms with E-state index in [2.05, 4.69) is 15.6 Å². The molecule has 0 unspecified atom stereocenters. The lowest BCUT2D eigenvalue weighted by Crippen LogP contribution is -2.45. The van der Waals surface area contributed by atoms with E-state index in [0.717, 1.165) is 31.4 Å². The van der Waals surface area contributed by atoms with E-state index >= 15 is 0 Å². The average molecular weight is 514 g/mol. The molecule has 0 bridgehead atoms. The first-order chi connectivity index (χ1) is 14.3. The zero-order valence-electron chi connectivity index (χ0n) is 17.9. The third-order valence-corrected chi connectivity index (χ3v) is 8.29. The van der Waals surface area contributed by atoms with Crippen LogP contribution in [0.15, 0.2) is 6.20 Å². The highest BCUT2D eigenvalue weighted by Crippen LogP contribution is 2.30. The predicted octanol–water partition coefficient (Wildman–Crippen LogP) is -0.231. The summed E-state index contributed by atoms with van der Waals surface area (Å²) in [7, 11) is -2.91.